The van der Waals surface area contributed by atoms with Gasteiger partial charge in [-0.2, -0.15) is 0 Å². The fraction of sp³-hybridized carbons (Fsp3) is 0.600. The van der Waals surface area contributed by atoms with Crippen molar-refractivity contribution in [1.82, 2.24) is 10.6 Å². The van der Waals surface area contributed by atoms with E-state index in [0.717, 1.165) is 37.8 Å². The van der Waals surface area contributed by atoms with Crippen LogP contribution in [0.25, 0.3) is 0 Å². The van der Waals surface area contributed by atoms with Crippen LogP contribution in [0.5, 0.6) is 5.75 Å². The second-order valence-corrected chi connectivity index (χ2v) is 4.89. The molecule has 1 atom stereocenters. The molecule has 0 aromatic heterocycles. The highest BCUT2D eigenvalue weighted by molar-refractivity contribution is 5.27. The topological polar surface area (TPSA) is 33.3 Å². The number of nitrogens with one attached hydrogen (secondary N) is 2. The van der Waals surface area contributed by atoms with Crippen molar-refractivity contribution in [1.29, 1.82) is 0 Å². The lowest BCUT2D eigenvalue weighted by Crippen LogP contribution is -2.26. The van der Waals surface area contributed by atoms with Crippen LogP contribution in [0.2, 0.25) is 0 Å². The molecule has 1 aromatic carbocycles. The zero-order valence-corrected chi connectivity index (χ0v) is 11.2. The van der Waals surface area contributed by atoms with Crippen LogP contribution < -0.4 is 15.4 Å². The minimum atomic E-state index is 0.732. The predicted molar refractivity (Wildman–Crippen MR) is 75.2 cm³/mol. The Hall–Kier alpha value is -1.06. The van der Waals surface area contributed by atoms with Gasteiger partial charge >= 0.3 is 0 Å². The van der Waals surface area contributed by atoms with Crippen molar-refractivity contribution in [2.75, 3.05) is 32.8 Å². The average molecular weight is 248 g/mol. The van der Waals surface area contributed by atoms with Gasteiger partial charge in [-0.1, -0.05) is 12.1 Å². The first-order chi connectivity index (χ1) is 8.88. The van der Waals surface area contributed by atoms with Gasteiger partial charge in [0.2, 0.25) is 0 Å². The summed E-state index contributed by atoms with van der Waals surface area (Å²) in [5, 5.41) is 6.94. The lowest BCUT2D eigenvalue weighted by atomic mass is 10.1. The van der Waals surface area contributed by atoms with Gasteiger partial charge in [-0.25, -0.2) is 0 Å². The van der Waals surface area contributed by atoms with E-state index < -0.39 is 0 Å². The summed E-state index contributed by atoms with van der Waals surface area (Å²) in [6.07, 6.45) is 2.41. The van der Waals surface area contributed by atoms with E-state index in [4.69, 9.17) is 4.74 Å². The summed E-state index contributed by atoms with van der Waals surface area (Å²) < 4.78 is 5.43. The smallest absolute Gasteiger partial charge is 0.119 e. The largest absolute Gasteiger partial charge is 0.494 e. The van der Waals surface area contributed by atoms with Gasteiger partial charge in [0.1, 0.15) is 5.75 Å². The predicted octanol–water partition coefficient (Wildman–Crippen LogP) is 1.83. The number of hydrogen-bond donors (Lipinski definition) is 2. The highest BCUT2D eigenvalue weighted by atomic mass is 16.5. The molecule has 100 valence electrons. The second kappa shape index (κ2) is 7.39. The molecule has 1 saturated heterocycles. The summed E-state index contributed by atoms with van der Waals surface area (Å²) in [5.74, 6) is 1.79. The molecule has 1 aromatic rings. The van der Waals surface area contributed by atoms with Crippen LogP contribution >= 0.6 is 0 Å². The normalized spacial score (nSPS) is 19.1. The number of hydrogen-bond acceptors (Lipinski definition) is 3. The third-order valence-corrected chi connectivity index (χ3v) is 3.42. The minimum Gasteiger partial charge on any atom is -0.494 e. The van der Waals surface area contributed by atoms with Crippen LogP contribution in [0.4, 0.5) is 0 Å². The molecule has 1 aliphatic rings. The molecule has 1 aliphatic heterocycles. The first-order valence-electron chi connectivity index (χ1n) is 7.01. The van der Waals surface area contributed by atoms with Crippen molar-refractivity contribution in [2.45, 2.75) is 19.8 Å². The van der Waals surface area contributed by atoms with E-state index in [2.05, 4.69) is 34.9 Å². The fourth-order valence-electron chi connectivity index (χ4n) is 2.35. The van der Waals surface area contributed by atoms with Gasteiger partial charge < -0.3 is 15.4 Å². The monoisotopic (exact) mass is 248 g/mol. The molecule has 18 heavy (non-hydrogen) atoms. The maximum atomic E-state index is 5.43. The molecular formula is C15H24N2O. The van der Waals surface area contributed by atoms with Crippen LogP contribution in [-0.2, 0) is 6.42 Å². The van der Waals surface area contributed by atoms with Crippen LogP contribution in [0.15, 0.2) is 24.3 Å². The van der Waals surface area contributed by atoms with Crippen LogP contribution in [0.3, 0.4) is 0 Å². The van der Waals surface area contributed by atoms with Gasteiger partial charge in [-0.3, -0.25) is 0 Å². The van der Waals surface area contributed by atoms with Gasteiger partial charge in [0, 0.05) is 0 Å². The van der Waals surface area contributed by atoms with Crippen molar-refractivity contribution >= 4 is 0 Å². The van der Waals surface area contributed by atoms with Gasteiger partial charge in [0.25, 0.3) is 0 Å². The molecular weight excluding hydrogens is 224 g/mol. The van der Waals surface area contributed by atoms with Crippen molar-refractivity contribution in [3.8, 4) is 5.75 Å². The zero-order valence-electron chi connectivity index (χ0n) is 11.2. The van der Waals surface area contributed by atoms with E-state index in [9.17, 15) is 0 Å². The molecule has 2 rings (SSSR count). The molecule has 1 fully saturated rings. The second-order valence-electron chi connectivity index (χ2n) is 4.89. The van der Waals surface area contributed by atoms with Gasteiger partial charge in [-0.05, 0) is 69.6 Å². The Bertz CT molecular complexity index is 331. The number of ether oxygens (including phenoxy) is 1. The summed E-state index contributed by atoms with van der Waals surface area (Å²) in [6.45, 7) is 7.31. The Balaban J connectivity index is 1.63. The molecule has 0 amide bonds. The van der Waals surface area contributed by atoms with E-state index >= 15 is 0 Å². The van der Waals surface area contributed by atoms with Crippen molar-refractivity contribution in [3.05, 3.63) is 29.8 Å². The highest BCUT2D eigenvalue weighted by Gasteiger charge is 2.12. The van der Waals surface area contributed by atoms with Crippen LogP contribution in [0.1, 0.15) is 18.9 Å². The van der Waals surface area contributed by atoms with Crippen LogP contribution in [0, 0.1) is 5.92 Å². The Morgan fingerprint density at radius 3 is 2.83 bits per heavy atom. The Labute approximate surface area is 110 Å². The van der Waals surface area contributed by atoms with E-state index in [1.54, 1.807) is 0 Å². The van der Waals surface area contributed by atoms with Gasteiger partial charge in [0.15, 0.2) is 0 Å². The van der Waals surface area contributed by atoms with E-state index in [1.165, 1.54) is 25.1 Å². The molecule has 0 saturated carbocycles. The molecule has 1 heterocycles. The summed E-state index contributed by atoms with van der Waals surface area (Å²) in [4.78, 5) is 0. The Morgan fingerprint density at radius 2 is 2.17 bits per heavy atom. The van der Waals surface area contributed by atoms with Gasteiger partial charge in [-0.15, -0.1) is 0 Å². The van der Waals surface area contributed by atoms with Crippen molar-refractivity contribution in [2.24, 2.45) is 5.92 Å². The molecule has 0 bridgehead atoms. The Morgan fingerprint density at radius 1 is 1.33 bits per heavy atom. The number of rotatable bonds is 7. The zero-order chi connectivity index (χ0) is 12.6. The third kappa shape index (κ3) is 4.31. The third-order valence-electron chi connectivity index (χ3n) is 3.42. The van der Waals surface area contributed by atoms with Gasteiger partial charge in [0.05, 0.1) is 6.61 Å². The summed E-state index contributed by atoms with van der Waals surface area (Å²) in [7, 11) is 0. The molecule has 0 radical (unpaired) electrons. The standard InChI is InChI=1S/C15H24N2O/c1-2-18-15-5-3-13(4-6-15)7-9-16-11-14-8-10-17-12-14/h3-6,14,16-17H,2,7-12H2,1H3. The molecule has 0 aliphatic carbocycles. The fourth-order valence-corrected chi connectivity index (χ4v) is 2.35. The molecule has 1 unspecified atom stereocenters. The average Bonchev–Trinajstić information content (AvgIpc) is 2.90. The lowest BCUT2D eigenvalue weighted by Gasteiger charge is -2.10. The summed E-state index contributed by atoms with van der Waals surface area (Å²) in [5.41, 5.74) is 1.37. The minimum absolute atomic E-state index is 0.732. The van der Waals surface area contributed by atoms with E-state index in [0.29, 0.717) is 0 Å². The maximum Gasteiger partial charge on any atom is 0.119 e. The van der Waals surface area contributed by atoms with Crippen LogP contribution in [-0.4, -0.2) is 32.8 Å². The molecule has 3 nitrogen and oxygen atoms in total. The van der Waals surface area contributed by atoms with Crippen molar-refractivity contribution < 1.29 is 4.74 Å². The highest BCUT2D eigenvalue weighted by Crippen LogP contribution is 2.12. The maximum absolute atomic E-state index is 5.43. The molecule has 3 heteroatoms. The molecule has 2 N–H and O–H groups in total. The summed E-state index contributed by atoms with van der Waals surface area (Å²) in [6, 6.07) is 8.42. The number of benzene rings is 1. The first kappa shape index (κ1) is 13.4. The van der Waals surface area contributed by atoms with E-state index in [-0.39, 0.29) is 0 Å². The quantitative estimate of drug-likeness (QED) is 0.722. The lowest BCUT2D eigenvalue weighted by molar-refractivity contribution is 0.340. The SMILES string of the molecule is CCOc1ccc(CCNCC2CCNC2)cc1. The first-order valence-corrected chi connectivity index (χ1v) is 7.01. The van der Waals surface area contributed by atoms with E-state index in [1.807, 2.05) is 6.92 Å². The molecule has 0 spiro atoms. The van der Waals surface area contributed by atoms with Crippen molar-refractivity contribution in [3.63, 3.8) is 0 Å². The summed E-state index contributed by atoms with van der Waals surface area (Å²) >= 11 is 0. The Kier molecular flexibility index (Phi) is 5.49.